The highest BCUT2D eigenvalue weighted by atomic mass is 16.6. The summed E-state index contributed by atoms with van der Waals surface area (Å²) in [6.45, 7) is 6.60. The van der Waals surface area contributed by atoms with Crippen molar-refractivity contribution >= 4 is 11.9 Å². The molecule has 0 aromatic heterocycles. The van der Waals surface area contributed by atoms with E-state index in [2.05, 4.69) is 20.8 Å². The Bertz CT molecular complexity index is 522. The molecule has 0 aliphatic rings. The average molecular weight is 541 g/mol. The second kappa shape index (κ2) is 28.9. The Kier molecular flexibility index (Phi) is 28.1. The number of rotatable bonds is 29. The molecule has 1 unspecified atom stereocenters. The van der Waals surface area contributed by atoms with Gasteiger partial charge in [-0.25, -0.2) is 0 Å². The zero-order chi connectivity index (χ0) is 28.1. The highest BCUT2D eigenvalue weighted by molar-refractivity contribution is 5.69. The third-order valence-corrected chi connectivity index (χ3v) is 7.63. The Morgan fingerprint density at radius 3 is 1.26 bits per heavy atom. The zero-order valence-electron chi connectivity index (χ0n) is 25.6. The molecule has 0 bridgehead atoms. The SMILES string of the molecule is CCCCCCCCCCCCCCCCC(=O)OC[C@@H](O)COC(=O)CCCCCCCCC(C)CC. The van der Waals surface area contributed by atoms with Gasteiger partial charge in [0.25, 0.3) is 0 Å². The van der Waals surface area contributed by atoms with Gasteiger partial charge in [0.2, 0.25) is 0 Å². The maximum absolute atomic E-state index is 11.9. The first kappa shape index (κ1) is 36.9. The Hall–Kier alpha value is -1.10. The smallest absolute Gasteiger partial charge is 0.305 e. The molecular formula is C33H64O5. The van der Waals surface area contributed by atoms with Crippen LogP contribution in [-0.4, -0.2) is 36.4 Å². The van der Waals surface area contributed by atoms with Crippen molar-refractivity contribution < 1.29 is 24.2 Å². The molecule has 0 aromatic carbocycles. The fraction of sp³-hybridized carbons (Fsp3) is 0.939. The molecule has 0 aliphatic heterocycles. The number of esters is 2. The van der Waals surface area contributed by atoms with Crippen LogP contribution in [-0.2, 0) is 19.1 Å². The van der Waals surface area contributed by atoms with Crippen LogP contribution in [0.1, 0.15) is 175 Å². The van der Waals surface area contributed by atoms with Crippen molar-refractivity contribution in [2.45, 2.75) is 181 Å². The standard InChI is InChI=1S/C33H64O5/c1-4-6-7-8-9-10-11-12-13-14-15-16-20-23-26-32(35)37-28-31(34)29-38-33(36)27-24-21-18-17-19-22-25-30(3)5-2/h30-31,34H,4-29H2,1-3H3/t30?,31-/m1/s1. The summed E-state index contributed by atoms with van der Waals surface area (Å²) in [6.07, 6.45) is 27.2. The predicted octanol–water partition coefficient (Wildman–Crippen LogP) is 9.47. The van der Waals surface area contributed by atoms with Crippen LogP contribution in [0.15, 0.2) is 0 Å². The van der Waals surface area contributed by atoms with Crippen LogP contribution in [0.3, 0.4) is 0 Å². The van der Waals surface area contributed by atoms with Gasteiger partial charge in [-0.15, -0.1) is 0 Å². The fourth-order valence-electron chi connectivity index (χ4n) is 4.71. The van der Waals surface area contributed by atoms with Crippen molar-refractivity contribution in [1.29, 1.82) is 0 Å². The van der Waals surface area contributed by atoms with Gasteiger partial charge in [-0.2, -0.15) is 0 Å². The second-order valence-electron chi connectivity index (χ2n) is 11.5. The summed E-state index contributed by atoms with van der Waals surface area (Å²) in [4.78, 5) is 23.7. The van der Waals surface area contributed by atoms with E-state index in [9.17, 15) is 14.7 Å². The molecule has 0 saturated carbocycles. The molecule has 0 amide bonds. The zero-order valence-corrected chi connectivity index (χ0v) is 25.6. The average Bonchev–Trinajstić information content (AvgIpc) is 2.92. The first-order chi connectivity index (χ1) is 18.5. The Morgan fingerprint density at radius 1 is 0.553 bits per heavy atom. The van der Waals surface area contributed by atoms with Crippen LogP contribution >= 0.6 is 0 Å². The van der Waals surface area contributed by atoms with E-state index in [1.54, 1.807) is 0 Å². The molecule has 0 aromatic rings. The molecule has 226 valence electrons. The number of carbonyl (C=O) groups is 2. The summed E-state index contributed by atoms with van der Waals surface area (Å²) in [6, 6.07) is 0. The summed E-state index contributed by atoms with van der Waals surface area (Å²) in [5.74, 6) is 0.269. The topological polar surface area (TPSA) is 72.8 Å². The molecule has 0 heterocycles. The minimum atomic E-state index is -0.954. The minimum Gasteiger partial charge on any atom is -0.463 e. The Labute approximate surface area is 236 Å². The maximum atomic E-state index is 11.9. The molecule has 0 saturated heterocycles. The first-order valence-electron chi connectivity index (χ1n) is 16.5. The number of aliphatic hydroxyl groups is 1. The minimum absolute atomic E-state index is 0.110. The van der Waals surface area contributed by atoms with Gasteiger partial charge in [-0.05, 0) is 18.8 Å². The summed E-state index contributed by atoms with van der Waals surface area (Å²) in [5.41, 5.74) is 0. The van der Waals surface area contributed by atoms with E-state index in [4.69, 9.17) is 9.47 Å². The van der Waals surface area contributed by atoms with Crippen molar-refractivity contribution in [3.63, 3.8) is 0 Å². The van der Waals surface area contributed by atoms with E-state index in [1.807, 2.05) is 0 Å². The lowest BCUT2D eigenvalue weighted by Crippen LogP contribution is -2.25. The molecule has 0 fully saturated rings. The molecule has 5 heteroatoms. The molecule has 1 N–H and O–H groups in total. The van der Waals surface area contributed by atoms with E-state index >= 15 is 0 Å². The molecule has 5 nitrogen and oxygen atoms in total. The largest absolute Gasteiger partial charge is 0.463 e. The number of ether oxygens (including phenoxy) is 2. The van der Waals surface area contributed by atoms with Gasteiger partial charge in [0.05, 0.1) is 0 Å². The molecule has 2 atom stereocenters. The van der Waals surface area contributed by atoms with Gasteiger partial charge >= 0.3 is 11.9 Å². The summed E-state index contributed by atoms with van der Waals surface area (Å²) < 4.78 is 10.3. The normalized spacial score (nSPS) is 12.8. The maximum Gasteiger partial charge on any atom is 0.305 e. The van der Waals surface area contributed by atoms with Crippen LogP contribution in [0.2, 0.25) is 0 Å². The van der Waals surface area contributed by atoms with Crippen molar-refractivity contribution in [3.8, 4) is 0 Å². The molecule has 0 rings (SSSR count). The van der Waals surface area contributed by atoms with Gasteiger partial charge in [-0.3, -0.25) is 9.59 Å². The first-order valence-corrected chi connectivity index (χ1v) is 16.5. The summed E-state index contributed by atoms with van der Waals surface area (Å²) >= 11 is 0. The third-order valence-electron chi connectivity index (χ3n) is 7.63. The van der Waals surface area contributed by atoms with Crippen LogP contribution < -0.4 is 0 Å². The van der Waals surface area contributed by atoms with Gasteiger partial charge in [0.1, 0.15) is 19.3 Å². The van der Waals surface area contributed by atoms with Gasteiger partial charge in [0.15, 0.2) is 0 Å². The quantitative estimate of drug-likeness (QED) is 0.0755. The third kappa shape index (κ3) is 27.9. The van der Waals surface area contributed by atoms with Gasteiger partial charge < -0.3 is 14.6 Å². The lowest BCUT2D eigenvalue weighted by Gasteiger charge is -2.12. The number of hydrogen-bond donors (Lipinski definition) is 1. The van der Waals surface area contributed by atoms with E-state index in [0.717, 1.165) is 38.0 Å². The number of hydrogen-bond acceptors (Lipinski definition) is 5. The van der Waals surface area contributed by atoms with E-state index in [0.29, 0.717) is 12.8 Å². The summed E-state index contributed by atoms with van der Waals surface area (Å²) in [7, 11) is 0. The summed E-state index contributed by atoms with van der Waals surface area (Å²) in [5, 5.41) is 9.94. The van der Waals surface area contributed by atoms with Crippen LogP contribution in [0.25, 0.3) is 0 Å². The lowest BCUT2D eigenvalue weighted by molar-refractivity contribution is -0.152. The second-order valence-corrected chi connectivity index (χ2v) is 11.5. The van der Waals surface area contributed by atoms with Gasteiger partial charge in [-0.1, -0.05) is 149 Å². The number of aliphatic hydroxyl groups excluding tert-OH is 1. The predicted molar refractivity (Wildman–Crippen MR) is 159 cm³/mol. The van der Waals surface area contributed by atoms with E-state index in [-0.39, 0.29) is 25.2 Å². The lowest BCUT2D eigenvalue weighted by atomic mass is 10.00. The van der Waals surface area contributed by atoms with Crippen LogP contribution in [0.4, 0.5) is 0 Å². The van der Waals surface area contributed by atoms with E-state index in [1.165, 1.54) is 109 Å². The van der Waals surface area contributed by atoms with Crippen LogP contribution in [0, 0.1) is 5.92 Å². The Morgan fingerprint density at radius 2 is 0.895 bits per heavy atom. The van der Waals surface area contributed by atoms with Crippen molar-refractivity contribution in [2.24, 2.45) is 5.92 Å². The molecule has 38 heavy (non-hydrogen) atoms. The van der Waals surface area contributed by atoms with Gasteiger partial charge in [0, 0.05) is 12.8 Å². The molecule has 0 radical (unpaired) electrons. The fourth-order valence-corrected chi connectivity index (χ4v) is 4.71. The monoisotopic (exact) mass is 540 g/mol. The van der Waals surface area contributed by atoms with Crippen molar-refractivity contribution in [3.05, 3.63) is 0 Å². The highest BCUT2D eigenvalue weighted by Gasteiger charge is 2.12. The molecular weight excluding hydrogens is 476 g/mol. The van der Waals surface area contributed by atoms with E-state index < -0.39 is 6.10 Å². The number of carbonyl (C=O) groups excluding carboxylic acids is 2. The van der Waals surface area contributed by atoms with Crippen molar-refractivity contribution in [1.82, 2.24) is 0 Å². The highest BCUT2D eigenvalue weighted by Crippen LogP contribution is 2.15. The number of unbranched alkanes of at least 4 members (excludes halogenated alkanes) is 18. The molecule has 0 spiro atoms. The Balaban J connectivity index is 3.42. The van der Waals surface area contributed by atoms with Crippen LogP contribution in [0.5, 0.6) is 0 Å². The van der Waals surface area contributed by atoms with Crippen molar-refractivity contribution in [2.75, 3.05) is 13.2 Å². The molecule has 0 aliphatic carbocycles.